The molecule has 0 aromatic heterocycles. The zero-order valence-electron chi connectivity index (χ0n) is 13.9. The van der Waals surface area contributed by atoms with Crippen LogP contribution in [-0.4, -0.2) is 5.38 Å². The van der Waals surface area contributed by atoms with Gasteiger partial charge in [0.15, 0.2) is 0 Å². The van der Waals surface area contributed by atoms with E-state index in [1.807, 2.05) is 12.2 Å². The fourth-order valence-electron chi connectivity index (χ4n) is 4.75. The molecule has 3 rings (SSSR count). The van der Waals surface area contributed by atoms with Crippen molar-refractivity contribution in [2.24, 2.45) is 23.7 Å². The molecule has 23 heavy (non-hydrogen) atoms. The van der Waals surface area contributed by atoms with E-state index in [1.165, 1.54) is 38.5 Å². The van der Waals surface area contributed by atoms with Crippen LogP contribution in [-0.2, 0) is 0 Å². The van der Waals surface area contributed by atoms with Gasteiger partial charge >= 0.3 is 0 Å². The number of allylic oxidation sites excluding steroid dienone is 6. The molecule has 2 fully saturated rings. The second kappa shape index (κ2) is 7.38. The van der Waals surface area contributed by atoms with Crippen LogP contribution in [0.25, 0.3) is 0 Å². The van der Waals surface area contributed by atoms with E-state index in [0.29, 0.717) is 11.5 Å². The summed E-state index contributed by atoms with van der Waals surface area (Å²) in [7, 11) is 0. The Hall–Kier alpha value is -0.820. The summed E-state index contributed by atoms with van der Waals surface area (Å²) in [5.74, 6) is 2.65. The number of hydrogen-bond donors (Lipinski definition) is 0. The van der Waals surface area contributed by atoms with Crippen LogP contribution in [0.1, 0.15) is 51.4 Å². The Morgan fingerprint density at radius 1 is 0.957 bits per heavy atom. The van der Waals surface area contributed by atoms with Crippen molar-refractivity contribution in [3.05, 3.63) is 48.4 Å². The van der Waals surface area contributed by atoms with E-state index in [4.69, 9.17) is 11.6 Å². The number of hydrogen-bond acceptors (Lipinski definition) is 0. The Bertz CT molecular complexity index is 514. The highest BCUT2D eigenvalue weighted by molar-refractivity contribution is 6.24. The van der Waals surface area contributed by atoms with Gasteiger partial charge in [-0.25, -0.2) is 4.39 Å². The van der Waals surface area contributed by atoms with Gasteiger partial charge in [0, 0.05) is 0 Å². The van der Waals surface area contributed by atoms with Crippen molar-refractivity contribution in [3.63, 3.8) is 0 Å². The average Bonchev–Trinajstić information content (AvgIpc) is 2.60. The SMILES string of the molecule is C=CC1CCC(C2CCC(C3=C(F)C(Cl)C(=C)C=C3)CC2)CC1. The summed E-state index contributed by atoms with van der Waals surface area (Å²) in [6.45, 7) is 7.75. The molecule has 3 aliphatic rings. The first-order chi connectivity index (χ1) is 11.1. The molecule has 0 amide bonds. The molecule has 1 atom stereocenters. The molecule has 0 aromatic carbocycles. The Labute approximate surface area is 145 Å². The van der Waals surface area contributed by atoms with E-state index in [1.54, 1.807) is 0 Å². The molecule has 2 saturated carbocycles. The van der Waals surface area contributed by atoms with Gasteiger partial charge < -0.3 is 0 Å². The fourth-order valence-corrected chi connectivity index (χ4v) is 4.95. The summed E-state index contributed by atoms with van der Waals surface area (Å²) in [6, 6.07) is 0. The van der Waals surface area contributed by atoms with E-state index >= 15 is 0 Å². The van der Waals surface area contributed by atoms with Crippen LogP contribution in [0.2, 0.25) is 0 Å². The Morgan fingerprint density at radius 2 is 1.52 bits per heavy atom. The zero-order valence-corrected chi connectivity index (χ0v) is 14.7. The Balaban J connectivity index is 1.56. The van der Waals surface area contributed by atoms with Gasteiger partial charge in [-0.1, -0.05) is 24.8 Å². The normalized spacial score (nSPS) is 38.7. The third-order valence-corrected chi connectivity index (χ3v) is 6.80. The minimum Gasteiger partial charge on any atom is -0.209 e. The third-order valence-electron chi connectivity index (χ3n) is 6.33. The molecule has 0 bridgehead atoms. The summed E-state index contributed by atoms with van der Waals surface area (Å²) in [6.07, 6.45) is 16.0. The molecule has 0 saturated heterocycles. The monoisotopic (exact) mass is 334 g/mol. The minimum absolute atomic E-state index is 0.158. The van der Waals surface area contributed by atoms with Gasteiger partial charge in [-0.3, -0.25) is 0 Å². The minimum atomic E-state index is -0.651. The highest BCUT2D eigenvalue weighted by Gasteiger charge is 2.33. The standard InChI is InChI=1S/C21H28ClF/c1-3-15-5-7-16(8-6-15)17-9-11-18(12-10-17)19-13-4-14(2)20(22)21(19)23/h3-4,13,15-18,20H,1-2,5-12H2. The number of halogens is 2. The predicted molar refractivity (Wildman–Crippen MR) is 97.1 cm³/mol. The van der Waals surface area contributed by atoms with Gasteiger partial charge in [0.1, 0.15) is 11.2 Å². The lowest BCUT2D eigenvalue weighted by molar-refractivity contribution is 0.164. The molecule has 0 N–H and O–H groups in total. The molecular weight excluding hydrogens is 307 g/mol. The van der Waals surface area contributed by atoms with Gasteiger partial charge in [-0.05, 0) is 86.2 Å². The molecule has 0 radical (unpaired) electrons. The molecule has 3 aliphatic carbocycles. The second-order valence-corrected chi connectivity index (χ2v) is 8.03. The van der Waals surface area contributed by atoms with Gasteiger partial charge in [-0.15, -0.1) is 18.2 Å². The Kier molecular flexibility index (Phi) is 5.46. The second-order valence-electron chi connectivity index (χ2n) is 7.60. The smallest absolute Gasteiger partial charge is 0.126 e. The number of rotatable bonds is 3. The summed E-state index contributed by atoms with van der Waals surface area (Å²) < 4.78 is 14.4. The van der Waals surface area contributed by atoms with Gasteiger partial charge in [0.05, 0.1) is 0 Å². The maximum atomic E-state index is 14.4. The largest absolute Gasteiger partial charge is 0.209 e. The van der Waals surface area contributed by atoms with Crippen LogP contribution in [0.5, 0.6) is 0 Å². The Morgan fingerprint density at radius 3 is 2.09 bits per heavy atom. The lowest BCUT2D eigenvalue weighted by atomic mass is 9.68. The zero-order chi connectivity index (χ0) is 16.4. The van der Waals surface area contributed by atoms with E-state index in [-0.39, 0.29) is 5.83 Å². The molecule has 126 valence electrons. The lowest BCUT2D eigenvalue weighted by Crippen LogP contribution is -2.26. The predicted octanol–water partition coefficient (Wildman–Crippen LogP) is 6.74. The molecular formula is C21H28ClF. The lowest BCUT2D eigenvalue weighted by Gasteiger charge is -2.38. The van der Waals surface area contributed by atoms with Crippen molar-refractivity contribution in [3.8, 4) is 0 Å². The summed E-state index contributed by atoms with van der Waals surface area (Å²) in [4.78, 5) is 0. The molecule has 0 heterocycles. The number of alkyl halides is 1. The van der Waals surface area contributed by atoms with Gasteiger partial charge in [0.25, 0.3) is 0 Å². The first kappa shape index (κ1) is 17.0. The highest BCUT2D eigenvalue weighted by Crippen LogP contribution is 2.45. The van der Waals surface area contributed by atoms with Crippen molar-refractivity contribution in [1.29, 1.82) is 0 Å². The fraction of sp³-hybridized carbons (Fsp3) is 0.619. The summed E-state index contributed by atoms with van der Waals surface area (Å²) in [5, 5.41) is -0.651. The molecule has 0 aromatic rings. The third kappa shape index (κ3) is 3.65. The van der Waals surface area contributed by atoms with Crippen molar-refractivity contribution < 1.29 is 4.39 Å². The molecule has 1 unspecified atom stereocenters. The van der Waals surface area contributed by atoms with E-state index in [0.717, 1.165) is 36.2 Å². The van der Waals surface area contributed by atoms with Crippen LogP contribution in [0.4, 0.5) is 4.39 Å². The van der Waals surface area contributed by atoms with Crippen LogP contribution >= 0.6 is 11.6 Å². The van der Waals surface area contributed by atoms with Gasteiger partial charge in [0.2, 0.25) is 0 Å². The summed E-state index contributed by atoms with van der Waals surface area (Å²) in [5.41, 5.74) is 1.51. The maximum Gasteiger partial charge on any atom is 0.126 e. The quantitative estimate of drug-likeness (QED) is 0.396. The summed E-state index contributed by atoms with van der Waals surface area (Å²) >= 11 is 6.12. The molecule has 0 aliphatic heterocycles. The van der Waals surface area contributed by atoms with Crippen molar-refractivity contribution in [2.45, 2.75) is 56.7 Å². The average molecular weight is 335 g/mol. The first-order valence-electron chi connectivity index (χ1n) is 9.13. The topological polar surface area (TPSA) is 0 Å². The van der Waals surface area contributed by atoms with Crippen LogP contribution in [0.15, 0.2) is 48.4 Å². The molecule has 0 nitrogen and oxygen atoms in total. The van der Waals surface area contributed by atoms with Crippen LogP contribution < -0.4 is 0 Å². The first-order valence-corrected chi connectivity index (χ1v) is 9.56. The van der Waals surface area contributed by atoms with Gasteiger partial charge in [-0.2, -0.15) is 0 Å². The van der Waals surface area contributed by atoms with Crippen molar-refractivity contribution in [1.82, 2.24) is 0 Å². The van der Waals surface area contributed by atoms with Crippen molar-refractivity contribution >= 4 is 11.6 Å². The molecule has 0 spiro atoms. The van der Waals surface area contributed by atoms with Crippen LogP contribution in [0.3, 0.4) is 0 Å². The van der Waals surface area contributed by atoms with Crippen molar-refractivity contribution in [2.75, 3.05) is 0 Å². The van der Waals surface area contributed by atoms with Crippen LogP contribution in [0, 0.1) is 23.7 Å². The van der Waals surface area contributed by atoms with E-state index in [9.17, 15) is 4.39 Å². The van der Waals surface area contributed by atoms with E-state index < -0.39 is 5.38 Å². The van der Waals surface area contributed by atoms with E-state index in [2.05, 4.69) is 19.2 Å². The molecule has 2 heteroatoms. The highest BCUT2D eigenvalue weighted by atomic mass is 35.5. The maximum absolute atomic E-state index is 14.4.